The van der Waals surface area contributed by atoms with Crippen molar-refractivity contribution >= 4 is 17.5 Å². The van der Waals surface area contributed by atoms with Crippen LogP contribution in [-0.2, 0) is 24.8 Å². The zero-order valence-corrected chi connectivity index (χ0v) is 13.2. The highest BCUT2D eigenvalue weighted by atomic mass is 16.2. The number of aromatic nitrogens is 3. The summed E-state index contributed by atoms with van der Waals surface area (Å²) in [4.78, 5) is 26.6. The van der Waals surface area contributed by atoms with Crippen molar-refractivity contribution in [2.75, 3.05) is 0 Å². The fourth-order valence-electron chi connectivity index (χ4n) is 3.35. The first-order chi connectivity index (χ1) is 11.6. The summed E-state index contributed by atoms with van der Waals surface area (Å²) in [6.07, 6.45) is 5.59. The van der Waals surface area contributed by atoms with Gasteiger partial charge in [-0.15, -0.1) is 0 Å². The van der Waals surface area contributed by atoms with Crippen molar-refractivity contribution in [1.82, 2.24) is 19.1 Å². The summed E-state index contributed by atoms with van der Waals surface area (Å²) in [5.41, 5.74) is 8.83. The van der Waals surface area contributed by atoms with E-state index in [1.54, 1.807) is 15.6 Å². The van der Waals surface area contributed by atoms with E-state index < -0.39 is 11.9 Å². The van der Waals surface area contributed by atoms with Gasteiger partial charge >= 0.3 is 0 Å². The molecule has 1 aliphatic rings. The van der Waals surface area contributed by atoms with E-state index in [2.05, 4.69) is 5.10 Å². The number of imidazole rings is 1. The van der Waals surface area contributed by atoms with Gasteiger partial charge in [-0.3, -0.25) is 9.59 Å². The van der Waals surface area contributed by atoms with Crippen molar-refractivity contribution in [3.63, 3.8) is 0 Å². The fraction of sp³-hybridized carbons (Fsp3) is 0.235. The molecule has 0 radical (unpaired) electrons. The van der Waals surface area contributed by atoms with Crippen LogP contribution in [0.5, 0.6) is 0 Å². The molecule has 0 saturated heterocycles. The highest BCUT2D eigenvalue weighted by Gasteiger charge is 2.35. The number of rotatable bonds is 2. The van der Waals surface area contributed by atoms with Crippen LogP contribution in [0.3, 0.4) is 0 Å². The predicted octanol–water partition coefficient (Wildman–Crippen LogP) is 0.725. The molecule has 1 aromatic carbocycles. The van der Waals surface area contributed by atoms with E-state index in [1.807, 2.05) is 42.1 Å². The maximum absolute atomic E-state index is 13.1. The van der Waals surface area contributed by atoms with Crippen LogP contribution in [0.25, 0.3) is 5.65 Å². The minimum atomic E-state index is -0.650. The van der Waals surface area contributed by atoms with E-state index in [0.717, 1.165) is 11.1 Å². The second-order valence-corrected chi connectivity index (χ2v) is 6.06. The zero-order valence-electron chi connectivity index (χ0n) is 13.2. The number of primary amides is 1. The Morgan fingerprint density at radius 3 is 2.71 bits per heavy atom. The van der Waals surface area contributed by atoms with E-state index >= 15 is 0 Å². The summed E-state index contributed by atoms with van der Waals surface area (Å²) in [6.45, 7) is 0.365. The van der Waals surface area contributed by atoms with Gasteiger partial charge in [0.25, 0.3) is 5.91 Å². The standard InChI is InChI=1S/C17H17N5O2/c1-20-6-7-22-16(20)13(9-19-22)17(24)21-10-12-5-3-2-4-11(12)8-14(21)15(18)23/h2-7,9,14H,8,10H2,1H3,(H2,18,23)/t14-/m0/s1. The molecular weight excluding hydrogens is 306 g/mol. The lowest BCUT2D eigenvalue weighted by Crippen LogP contribution is -2.51. The van der Waals surface area contributed by atoms with Crippen molar-refractivity contribution in [3.05, 3.63) is 59.5 Å². The van der Waals surface area contributed by atoms with E-state index in [-0.39, 0.29) is 5.91 Å². The van der Waals surface area contributed by atoms with Gasteiger partial charge in [0, 0.05) is 32.4 Å². The number of amides is 2. The quantitative estimate of drug-likeness (QED) is 0.754. The number of carbonyl (C=O) groups excluding carboxylic acids is 2. The molecule has 2 amide bonds. The molecule has 2 N–H and O–H groups in total. The molecule has 4 rings (SSSR count). The van der Waals surface area contributed by atoms with Crippen LogP contribution >= 0.6 is 0 Å². The number of aryl methyl sites for hydroxylation is 1. The maximum atomic E-state index is 13.1. The average Bonchev–Trinajstić information content (AvgIpc) is 3.16. The van der Waals surface area contributed by atoms with Gasteiger partial charge in [-0.1, -0.05) is 24.3 Å². The molecular formula is C17H17N5O2. The minimum Gasteiger partial charge on any atom is -0.368 e. The van der Waals surface area contributed by atoms with Crippen molar-refractivity contribution in [1.29, 1.82) is 0 Å². The van der Waals surface area contributed by atoms with Gasteiger partial charge in [0.15, 0.2) is 0 Å². The molecule has 1 atom stereocenters. The molecule has 7 heteroatoms. The van der Waals surface area contributed by atoms with E-state index in [9.17, 15) is 9.59 Å². The molecule has 0 aliphatic carbocycles. The van der Waals surface area contributed by atoms with Gasteiger partial charge in [-0.2, -0.15) is 5.10 Å². The Hall–Kier alpha value is -3.09. The molecule has 0 fully saturated rings. The molecule has 3 aromatic rings. The lowest BCUT2D eigenvalue weighted by Gasteiger charge is -2.34. The first-order valence-corrected chi connectivity index (χ1v) is 7.72. The Bertz CT molecular complexity index is 955. The van der Waals surface area contributed by atoms with Gasteiger partial charge in [-0.05, 0) is 11.1 Å². The normalized spacial score (nSPS) is 17.0. The molecule has 0 saturated carbocycles. The number of fused-ring (bicyclic) bond motifs is 2. The molecule has 0 spiro atoms. The Morgan fingerprint density at radius 2 is 1.96 bits per heavy atom. The van der Waals surface area contributed by atoms with Gasteiger partial charge in [0.1, 0.15) is 17.3 Å². The summed E-state index contributed by atoms with van der Waals surface area (Å²) in [5, 5.41) is 4.20. The largest absolute Gasteiger partial charge is 0.368 e. The Balaban J connectivity index is 1.77. The van der Waals surface area contributed by atoms with Gasteiger partial charge in [0.2, 0.25) is 5.91 Å². The second-order valence-electron chi connectivity index (χ2n) is 6.06. The zero-order chi connectivity index (χ0) is 16.8. The number of hydrogen-bond donors (Lipinski definition) is 1. The Labute approximate surface area is 138 Å². The lowest BCUT2D eigenvalue weighted by molar-refractivity contribution is -0.122. The molecule has 2 aromatic heterocycles. The average molecular weight is 323 g/mol. The van der Waals surface area contributed by atoms with Crippen LogP contribution in [0, 0.1) is 0 Å². The van der Waals surface area contributed by atoms with Crippen molar-refractivity contribution < 1.29 is 9.59 Å². The van der Waals surface area contributed by atoms with Crippen LogP contribution in [-0.4, -0.2) is 36.9 Å². The molecule has 0 bridgehead atoms. The third-order valence-corrected chi connectivity index (χ3v) is 4.60. The minimum absolute atomic E-state index is 0.231. The summed E-state index contributed by atoms with van der Waals surface area (Å²) in [5.74, 6) is -0.724. The van der Waals surface area contributed by atoms with E-state index in [0.29, 0.717) is 24.2 Å². The van der Waals surface area contributed by atoms with Crippen LogP contribution in [0.1, 0.15) is 21.5 Å². The number of nitrogens with two attached hydrogens (primary N) is 1. The number of hydrogen-bond acceptors (Lipinski definition) is 3. The molecule has 3 heterocycles. The second kappa shape index (κ2) is 5.23. The summed E-state index contributed by atoms with van der Waals surface area (Å²) in [7, 11) is 1.85. The van der Waals surface area contributed by atoms with E-state index in [4.69, 9.17) is 5.73 Å². The third kappa shape index (κ3) is 2.09. The SMILES string of the molecule is Cn1ccn2ncc(C(=O)N3Cc4ccccc4C[C@H]3C(N)=O)c12. The van der Waals surface area contributed by atoms with Crippen LogP contribution in [0.4, 0.5) is 0 Å². The smallest absolute Gasteiger partial charge is 0.260 e. The monoisotopic (exact) mass is 323 g/mol. The molecule has 122 valence electrons. The highest BCUT2D eigenvalue weighted by Crippen LogP contribution is 2.26. The van der Waals surface area contributed by atoms with Gasteiger partial charge in [0.05, 0.1) is 6.20 Å². The topological polar surface area (TPSA) is 85.6 Å². The first-order valence-electron chi connectivity index (χ1n) is 7.72. The summed E-state index contributed by atoms with van der Waals surface area (Å²) >= 11 is 0. The van der Waals surface area contributed by atoms with Crippen LogP contribution in [0.15, 0.2) is 42.9 Å². The van der Waals surface area contributed by atoms with Crippen molar-refractivity contribution in [3.8, 4) is 0 Å². The highest BCUT2D eigenvalue weighted by molar-refractivity contribution is 6.02. The van der Waals surface area contributed by atoms with Gasteiger partial charge < -0.3 is 15.2 Å². The molecule has 7 nitrogen and oxygen atoms in total. The fourth-order valence-corrected chi connectivity index (χ4v) is 3.35. The lowest BCUT2D eigenvalue weighted by atomic mass is 9.93. The van der Waals surface area contributed by atoms with Crippen molar-refractivity contribution in [2.45, 2.75) is 19.0 Å². The first kappa shape index (κ1) is 14.5. The molecule has 24 heavy (non-hydrogen) atoms. The molecule has 1 aliphatic heterocycles. The molecule has 0 unspecified atom stereocenters. The van der Waals surface area contributed by atoms with Crippen LogP contribution in [0.2, 0.25) is 0 Å². The van der Waals surface area contributed by atoms with E-state index in [1.165, 1.54) is 6.20 Å². The Morgan fingerprint density at radius 1 is 1.21 bits per heavy atom. The maximum Gasteiger partial charge on any atom is 0.260 e. The number of carbonyl (C=O) groups is 2. The predicted molar refractivity (Wildman–Crippen MR) is 87.2 cm³/mol. The van der Waals surface area contributed by atoms with Crippen LogP contribution < -0.4 is 5.73 Å². The third-order valence-electron chi connectivity index (χ3n) is 4.60. The van der Waals surface area contributed by atoms with Crippen molar-refractivity contribution in [2.24, 2.45) is 12.8 Å². The van der Waals surface area contributed by atoms with Gasteiger partial charge in [-0.25, -0.2) is 4.52 Å². The number of nitrogens with zero attached hydrogens (tertiary/aromatic N) is 4. The Kier molecular flexibility index (Phi) is 3.16. The summed E-state index contributed by atoms with van der Waals surface area (Å²) in [6, 6.07) is 7.16. The number of benzene rings is 1. The summed E-state index contributed by atoms with van der Waals surface area (Å²) < 4.78 is 3.47.